The number of hydrogen-bond acceptors (Lipinski definition) is 4. The molecule has 0 heterocycles. The molecule has 5 nitrogen and oxygen atoms in total. The Morgan fingerprint density at radius 2 is 1.71 bits per heavy atom. The van der Waals surface area contributed by atoms with Crippen LogP contribution in [0.2, 0.25) is 0 Å². The van der Waals surface area contributed by atoms with E-state index in [9.17, 15) is 4.79 Å². The Morgan fingerprint density at radius 3 is 2.33 bits per heavy atom. The summed E-state index contributed by atoms with van der Waals surface area (Å²) in [4.78, 5) is 11.0. The summed E-state index contributed by atoms with van der Waals surface area (Å²) in [5.41, 5.74) is 2.03. The lowest BCUT2D eigenvalue weighted by molar-refractivity contribution is -0.118. The van der Waals surface area contributed by atoms with E-state index in [4.69, 9.17) is 14.2 Å². The topological polar surface area (TPSA) is 56.8 Å². The van der Waals surface area contributed by atoms with E-state index in [2.05, 4.69) is 5.32 Å². The van der Waals surface area contributed by atoms with Crippen molar-refractivity contribution in [2.45, 2.75) is 20.0 Å². The lowest BCUT2D eigenvalue weighted by Crippen LogP contribution is -2.22. The molecule has 1 N–H and O–H groups in total. The van der Waals surface area contributed by atoms with Gasteiger partial charge < -0.3 is 19.5 Å². The molecule has 0 fully saturated rings. The van der Waals surface area contributed by atoms with Crippen LogP contribution in [0, 0.1) is 0 Å². The third-order valence-corrected chi connectivity index (χ3v) is 3.57. The van der Waals surface area contributed by atoms with Gasteiger partial charge in [0.2, 0.25) is 11.7 Å². The van der Waals surface area contributed by atoms with E-state index < -0.39 is 0 Å². The Bertz CT molecular complexity index is 671. The molecular weight excluding hydrogens is 306 g/mol. The Hall–Kier alpha value is -2.69. The van der Waals surface area contributed by atoms with Crippen LogP contribution < -0.4 is 19.5 Å². The van der Waals surface area contributed by atoms with Gasteiger partial charge >= 0.3 is 0 Å². The van der Waals surface area contributed by atoms with Gasteiger partial charge in [-0.3, -0.25) is 4.79 Å². The van der Waals surface area contributed by atoms with E-state index in [0.717, 1.165) is 11.1 Å². The van der Waals surface area contributed by atoms with E-state index in [-0.39, 0.29) is 5.91 Å². The van der Waals surface area contributed by atoms with Gasteiger partial charge in [0, 0.05) is 19.0 Å². The summed E-state index contributed by atoms with van der Waals surface area (Å²) in [5.74, 6) is 1.77. The van der Waals surface area contributed by atoms with Crippen LogP contribution in [0.1, 0.15) is 18.1 Å². The maximum atomic E-state index is 11.0. The fraction of sp³-hybridized carbons (Fsp3) is 0.316. The first kappa shape index (κ1) is 17.7. The average molecular weight is 329 g/mol. The van der Waals surface area contributed by atoms with Gasteiger partial charge in [0.05, 0.1) is 14.2 Å². The molecule has 0 radical (unpaired) electrons. The normalized spacial score (nSPS) is 10.1. The van der Waals surface area contributed by atoms with E-state index >= 15 is 0 Å². The number of hydrogen-bond donors (Lipinski definition) is 1. The van der Waals surface area contributed by atoms with Gasteiger partial charge in [0.1, 0.15) is 6.61 Å². The predicted octanol–water partition coefficient (Wildman–Crippen LogP) is 2.96. The molecule has 0 spiro atoms. The number of methoxy groups -OCH3 is 2. The molecule has 128 valence electrons. The van der Waals surface area contributed by atoms with Gasteiger partial charge in [-0.1, -0.05) is 36.4 Å². The summed E-state index contributed by atoms with van der Waals surface area (Å²) >= 11 is 0. The highest BCUT2D eigenvalue weighted by atomic mass is 16.5. The fourth-order valence-corrected chi connectivity index (χ4v) is 2.42. The number of benzene rings is 2. The predicted molar refractivity (Wildman–Crippen MR) is 92.7 cm³/mol. The van der Waals surface area contributed by atoms with E-state index in [0.29, 0.717) is 36.8 Å². The molecule has 0 aromatic heterocycles. The summed E-state index contributed by atoms with van der Waals surface area (Å²) in [6.45, 7) is 2.49. The number of nitrogens with one attached hydrogen (secondary N) is 1. The second kappa shape index (κ2) is 8.82. The van der Waals surface area contributed by atoms with Gasteiger partial charge in [-0.2, -0.15) is 0 Å². The van der Waals surface area contributed by atoms with Crippen LogP contribution in [0.25, 0.3) is 0 Å². The fourth-order valence-electron chi connectivity index (χ4n) is 2.42. The van der Waals surface area contributed by atoms with Gasteiger partial charge in [-0.25, -0.2) is 0 Å². The number of carbonyl (C=O) groups is 1. The molecule has 24 heavy (non-hydrogen) atoms. The Labute approximate surface area is 142 Å². The van der Waals surface area contributed by atoms with Crippen molar-refractivity contribution in [2.24, 2.45) is 0 Å². The van der Waals surface area contributed by atoms with Crippen LogP contribution in [0.5, 0.6) is 17.2 Å². The van der Waals surface area contributed by atoms with Gasteiger partial charge in [0.25, 0.3) is 0 Å². The quantitative estimate of drug-likeness (QED) is 0.809. The van der Waals surface area contributed by atoms with Gasteiger partial charge in [-0.15, -0.1) is 0 Å². The number of rotatable bonds is 8. The van der Waals surface area contributed by atoms with E-state index in [1.165, 1.54) is 6.92 Å². The maximum Gasteiger partial charge on any atom is 0.216 e. The Kier molecular flexibility index (Phi) is 6.49. The van der Waals surface area contributed by atoms with Crippen molar-refractivity contribution in [2.75, 3.05) is 20.8 Å². The van der Waals surface area contributed by atoms with Crippen LogP contribution in [0.15, 0.2) is 42.5 Å². The number of carbonyl (C=O) groups excluding carboxylic acids is 1. The van der Waals surface area contributed by atoms with Gasteiger partial charge in [-0.05, 0) is 18.1 Å². The van der Waals surface area contributed by atoms with Crippen molar-refractivity contribution in [1.29, 1.82) is 0 Å². The molecule has 0 saturated carbocycles. The molecule has 0 aliphatic carbocycles. The number of amides is 1. The van der Waals surface area contributed by atoms with Crippen molar-refractivity contribution in [3.63, 3.8) is 0 Å². The van der Waals surface area contributed by atoms with Crippen LogP contribution in [-0.2, 0) is 17.8 Å². The first-order valence-electron chi connectivity index (χ1n) is 7.80. The zero-order valence-electron chi connectivity index (χ0n) is 14.3. The van der Waals surface area contributed by atoms with Crippen LogP contribution in [-0.4, -0.2) is 26.7 Å². The second-order valence-electron chi connectivity index (χ2n) is 5.30. The monoisotopic (exact) mass is 329 g/mol. The average Bonchev–Trinajstić information content (AvgIpc) is 2.60. The highest BCUT2D eigenvalue weighted by Crippen LogP contribution is 2.40. The molecule has 1 amide bonds. The summed E-state index contributed by atoms with van der Waals surface area (Å²) in [7, 11) is 3.19. The van der Waals surface area contributed by atoms with Crippen molar-refractivity contribution >= 4 is 5.91 Å². The van der Waals surface area contributed by atoms with Crippen molar-refractivity contribution in [3.8, 4) is 17.2 Å². The zero-order chi connectivity index (χ0) is 17.4. The molecule has 0 unspecified atom stereocenters. The first-order chi connectivity index (χ1) is 11.7. The summed E-state index contributed by atoms with van der Waals surface area (Å²) in [6, 6.07) is 13.7. The second-order valence-corrected chi connectivity index (χ2v) is 5.30. The molecule has 0 aliphatic rings. The van der Waals surface area contributed by atoms with Crippen molar-refractivity contribution in [1.82, 2.24) is 5.32 Å². The van der Waals surface area contributed by atoms with E-state index in [1.807, 2.05) is 42.5 Å². The third kappa shape index (κ3) is 4.65. The van der Waals surface area contributed by atoms with E-state index in [1.54, 1.807) is 14.2 Å². The summed E-state index contributed by atoms with van der Waals surface area (Å²) in [6.07, 6.45) is 0.651. The summed E-state index contributed by atoms with van der Waals surface area (Å²) < 4.78 is 16.9. The maximum absolute atomic E-state index is 11.0. The molecule has 5 heteroatoms. The molecule has 2 rings (SSSR count). The standard InChI is InChI=1S/C19H23NO4/c1-14(21)20-12-11-16-9-10-17(19(23-3)18(16)22-2)24-13-15-7-5-4-6-8-15/h4-10H,11-13H2,1-3H3,(H,20,21). The number of ether oxygens (including phenoxy) is 3. The Morgan fingerprint density at radius 1 is 1.00 bits per heavy atom. The lowest BCUT2D eigenvalue weighted by atomic mass is 10.1. The first-order valence-corrected chi connectivity index (χ1v) is 7.80. The van der Waals surface area contributed by atoms with Gasteiger partial charge in [0.15, 0.2) is 11.5 Å². The molecular formula is C19H23NO4. The van der Waals surface area contributed by atoms with Crippen LogP contribution >= 0.6 is 0 Å². The minimum Gasteiger partial charge on any atom is -0.492 e. The van der Waals surface area contributed by atoms with Crippen molar-refractivity contribution in [3.05, 3.63) is 53.6 Å². The Balaban J connectivity index is 2.15. The van der Waals surface area contributed by atoms with Crippen LogP contribution in [0.4, 0.5) is 0 Å². The molecule has 2 aromatic carbocycles. The molecule has 0 aliphatic heterocycles. The summed E-state index contributed by atoms with van der Waals surface area (Å²) in [5, 5.41) is 2.78. The molecule has 0 atom stereocenters. The smallest absolute Gasteiger partial charge is 0.216 e. The highest BCUT2D eigenvalue weighted by molar-refractivity contribution is 5.72. The highest BCUT2D eigenvalue weighted by Gasteiger charge is 2.16. The van der Waals surface area contributed by atoms with Crippen molar-refractivity contribution < 1.29 is 19.0 Å². The third-order valence-electron chi connectivity index (χ3n) is 3.57. The minimum atomic E-state index is -0.0521. The minimum absolute atomic E-state index is 0.0521. The van der Waals surface area contributed by atoms with Crippen LogP contribution in [0.3, 0.4) is 0 Å². The largest absolute Gasteiger partial charge is 0.492 e. The SMILES string of the molecule is COc1c(CCNC(C)=O)ccc(OCc2ccccc2)c1OC. The molecule has 2 aromatic rings. The molecule has 0 bridgehead atoms. The zero-order valence-corrected chi connectivity index (χ0v) is 14.3. The molecule has 0 saturated heterocycles. The lowest BCUT2D eigenvalue weighted by Gasteiger charge is -2.17.